The highest BCUT2D eigenvalue weighted by Gasteiger charge is 2.81. The maximum Gasteiger partial charge on any atom is 0.303 e. The van der Waals surface area contributed by atoms with Crippen molar-refractivity contribution in [2.45, 2.75) is 89.3 Å². The van der Waals surface area contributed by atoms with Crippen molar-refractivity contribution in [1.29, 1.82) is 0 Å². The Morgan fingerprint density at radius 1 is 1.20 bits per heavy atom. The molecule has 35 heavy (non-hydrogen) atoms. The van der Waals surface area contributed by atoms with Crippen LogP contribution in [0.5, 0.6) is 0 Å². The monoisotopic (exact) mass is 494 g/mol. The number of carbonyl (C=O) groups is 3. The van der Waals surface area contributed by atoms with E-state index in [-0.39, 0.29) is 24.8 Å². The number of allylic oxidation sites excluding steroid dienone is 4. The van der Waals surface area contributed by atoms with E-state index in [0.29, 0.717) is 0 Å². The second kappa shape index (κ2) is 7.29. The first-order valence-electron chi connectivity index (χ1n) is 12.1. The number of halogens is 2. The number of Topliss-reactive ketones (excluding diaryl/α,β-unsaturated/α-hetero) is 1. The van der Waals surface area contributed by atoms with Crippen molar-refractivity contribution in [3.05, 3.63) is 23.8 Å². The summed E-state index contributed by atoms with van der Waals surface area (Å²) < 4.78 is 51.4. The minimum atomic E-state index is -2.24. The maximum atomic E-state index is 17.7. The zero-order valence-electron chi connectivity index (χ0n) is 20.6. The van der Waals surface area contributed by atoms with Gasteiger partial charge in [0.25, 0.3) is 0 Å². The molecular formula is C26H32F2O7. The Kier molecular flexibility index (Phi) is 5.15. The molecular weight excluding hydrogens is 462 g/mol. The normalized spacial score (nSPS) is 49.4. The lowest BCUT2D eigenvalue weighted by Crippen LogP contribution is -2.71. The Labute approximate surface area is 202 Å². The highest BCUT2D eigenvalue weighted by molar-refractivity contribution is 6.01. The lowest BCUT2D eigenvalue weighted by molar-refractivity contribution is -0.253. The molecule has 7 nitrogen and oxygen atoms in total. The van der Waals surface area contributed by atoms with Crippen molar-refractivity contribution < 1.29 is 42.5 Å². The van der Waals surface area contributed by atoms with Gasteiger partial charge < -0.3 is 19.3 Å². The van der Waals surface area contributed by atoms with E-state index in [4.69, 9.17) is 14.2 Å². The molecule has 5 aliphatic rings. The van der Waals surface area contributed by atoms with Gasteiger partial charge in [-0.3, -0.25) is 14.4 Å². The number of esters is 1. The van der Waals surface area contributed by atoms with Gasteiger partial charge in [-0.25, -0.2) is 8.78 Å². The molecule has 1 heterocycles. The summed E-state index contributed by atoms with van der Waals surface area (Å²) in [5, 5.41) is 9.92. The predicted octanol–water partition coefficient (Wildman–Crippen LogP) is 2.94. The number of aliphatic hydroxyl groups excluding tert-OH is 1. The number of aliphatic hydroxyl groups is 1. The van der Waals surface area contributed by atoms with E-state index >= 15 is 8.78 Å². The Bertz CT molecular complexity index is 1070. The van der Waals surface area contributed by atoms with Crippen LogP contribution in [0.2, 0.25) is 0 Å². The molecule has 0 radical (unpaired) electrons. The highest BCUT2D eigenvalue weighted by Crippen LogP contribution is 2.73. The van der Waals surface area contributed by atoms with Crippen LogP contribution in [-0.2, 0) is 28.6 Å². The number of fused-ring (bicyclic) bond motifs is 7. The van der Waals surface area contributed by atoms with Crippen LogP contribution in [-0.4, -0.2) is 64.7 Å². The average Bonchev–Trinajstić information content (AvgIpc) is 3.17. The number of ketones is 2. The van der Waals surface area contributed by atoms with E-state index in [1.165, 1.54) is 19.1 Å². The van der Waals surface area contributed by atoms with Crippen LogP contribution in [0.4, 0.5) is 8.78 Å². The van der Waals surface area contributed by atoms with Crippen molar-refractivity contribution in [3.8, 4) is 0 Å². The standard InChI is InChI=1S/C26H32F2O7/c1-13(30)33-21-11-24(5)15(10-20-26(24,19(32)12-29)35-22(2,3)34-20)16-9-18(27)17-8-14(31)6-7-23(17,4)25(16,21)28/h6-8,15-16,18,20-21,29H,9-12H2,1-5H3/t15-,16-,18-,20+,21-,23-,24-,25-,26+/m0/s1. The summed E-state index contributed by atoms with van der Waals surface area (Å²) in [4.78, 5) is 37.6. The molecule has 4 aliphatic carbocycles. The molecule has 5 rings (SSSR count). The molecule has 3 saturated carbocycles. The first kappa shape index (κ1) is 24.7. The third kappa shape index (κ3) is 2.89. The van der Waals surface area contributed by atoms with E-state index in [1.54, 1.807) is 27.7 Å². The van der Waals surface area contributed by atoms with Crippen LogP contribution in [0.15, 0.2) is 23.8 Å². The summed E-state index contributed by atoms with van der Waals surface area (Å²) in [6, 6.07) is 0. The number of hydrogen-bond donors (Lipinski definition) is 1. The lowest BCUT2D eigenvalue weighted by Gasteiger charge is -2.63. The Balaban J connectivity index is 1.71. The molecule has 0 unspecified atom stereocenters. The SMILES string of the molecule is CC(=O)O[C@H]1C[C@@]2(C)[C@@H](C[C@H]3OC(C)(C)O[C@]32C(=O)CO)[C@@H]2C[C@H](F)C3=CC(=O)C=C[C@]3(C)[C@@]12F. The number of hydrogen-bond acceptors (Lipinski definition) is 7. The molecule has 1 saturated heterocycles. The van der Waals surface area contributed by atoms with Gasteiger partial charge in [-0.15, -0.1) is 0 Å². The Morgan fingerprint density at radius 3 is 2.51 bits per heavy atom. The number of alkyl halides is 2. The van der Waals surface area contributed by atoms with Crippen molar-refractivity contribution in [3.63, 3.8) is 0 Å². The van der Waals surface area contributed by atoms with Gasteiger partial charge in [-0.1, -0.05) is 13.0 Å². The molecule has 0 spiro atoms. The van der Waals surface area contributed by atoms with Gasteiger partial charge in [0.05, 0.1) is 6.10 Å². The summed E-state index contributed by atoms with van der Waals surface area (Å²) in [7, 11) is 0. The highest BCUT2D eigenvalue weighted by atomic mass is 19.1. The van der Waals surface area contributed by atoms with Crippen LogP contribution < -0.4 is 0 Å². The summed E-state index contributed by atoms with van der Waals surface area (Å²) >= 11 is 0. The minimum absolute atomic E-state index is 0.0393. The third-order valence-corrected chi connectivity index (χ3v) is 9.46. The summed E-state index contributed by atoms with van der Waals surface area (Å²) in [6.45, 7) is 7.03. The zero-order valence-corrected chi connectivity index (χ0v) is 20.6. The largest absolute Gasteiger partial charge is 0.459 e. The molecule has 0 bridgehead atoms. The molecule has 0 aromatic rings. The van der Waals surface area contributed by atoms with Crippen LogP contribution in [0.1, 0.15) is 53.9 Å². The quantitative estimate of drug-likeness (QED) is 0.603. The first-order chi connectivity index (χ1) is 16.2. The smallest absolute Gasteiger partial charge is 0.303 e. The molecule has 0 amide bonds. The lowest BCUT2D eigenvalue weighted by atomic mass is 9.44. The minimum Gasteiger partial charge on any atom is -0.459 e. The number of rotatable bonds is 3. The van der Waals surface area contributed by atoms with E-state index in [1.807, 2.05) is 0 Å². The van der Waals surface area contributed by atoms with E-state index < -0.39 is 82.2 Å². The van der Waals surface area contributed by atoms with E-state index in [0.717, 1.165) is 6.08 Å². The molecule has 1 N–H and O–H groups in total. The topological polar surface area (TPSA) is 99.1 Å². The zero-order chi connectivity index (χ0) is 25.8. The maximum absolute atomic E-state index is 17.7. The molecule has 9 atom stereocenters. The molecule has 0 aromatic heterocycles. The van der Waals surface area contributed by atoms with Crippen molar-refractivity contribution in [1.82, 2.24) is 0 Å². The fraction of sp³-hybridized carbons (Fsp3) is 0.731. The number of ether oxygens (including phenoxy) is 3. The van der Waals surface area contributed by atoms with Gasteiger partial charge in [0, 0.05) is 23.7 Å². The fourth-order valence-corrected chi connectivity index (χ4v) is 8.21. The van der Waals surface area contributed by atoms with Crippen molar-refractivity contribution in [2.75, 3.05) is 6.61 Å². The molecule has 192 valence electrons. The predicted molar refractivity (Wildman–Crippen MR) is 118 cm³/mol. The Hall–Kier alpha value is -1.97. The van der Waals surface area contributed by atoms with Crippen LogP contribution in [0, 0.1) is 22.7 Å². The first-order valence-corrected chi connectivity index (χ1v) is 12.1. The second-order valence-electron chi connectivity index (χ2n) is 11.6. The van der Waals surface area contributed by atoms with Crippen molar-refractivity contribution >= 4 is 17.5 Å². The second-order valence-corrected chi connectivity index (χ2v) is 11.6. The molecule has 9 heteroatoms. The average molecular weight is 495 g/mol. The third-order valence-electron chi connectivity index (χ3n) is 9.46. The van der Waals surface area contributed by atoms with Gasteiger partial charge in [0.1, 0.15) is 18.9 Å². The summed E-state index contributed by atoms with van der Waals surface area (Å²) in [5.74, 6) is -4.38. The van der Waals surface area contributed by atoms with Gasteiger partial charge in [0.2, 0.25) is 0 Å². The van der Waals surface area contributed by atoms with E-state index in [9.17, 15) is 19.5 Å². The molecule has 0 aromatic carbocycles. The van der Waals surface area contributed by atoms with E-state index in [2.05, 4.69) is 0 Å². The van der Waals surface area contributed by atoms with Gasteiger partial charge in [-0.05, 0) is 63.7 Å². The van der Waals surface area contributed by atoms with Gasteiger partial charge >= 0.3 is 5.97 Å². The van der Waals surface area contributed by atoms with Gasteiger partial charge in [-0.2, -0.15) is 0 Å². The Morgan fingerprint density at radius 2 is 1.89 bits per heavy atom. The summed E-state index contributed by atoms with van der Waals surface area (Å²) in [5.41, 5.74) is -6.45. The van der Waals surface area contributed by atoms with Crippen LogP contribution >= 0.6 is 0 Å². The van der Waals surface area contributed by atoms with Gasteiger partial charge in [0.15, 0.2) is 28.6 Å². The number of carbonyl (C=O) groups excluding carboxylic acids is 3. The summed E-state index contributed by atoms with van der Waals surface area (Å²) in [6.07, 6.45) is -0.0556. The van der Waals surface area contributed by atoms with Crippen LogP contribution in [0.3, 0.4) is 0 Å². The molecule has 1 aliphatic heterocycles. The van der Waals surface area contributed by atoms with Crippen LogP contribution in [0.25, 0.3) is 0 Å². The fourth-order valence-electron chi connectivity index (χ4n) is 8.21. The van der Waals surface area contributed by atoms with Crippen molar-refractivity contribution in [2.24, 2.45) is 22.7 Å². The molecule has 4 fully saturated rings.